The topological polar surface area (TPSA) is 122 Å². The summed E-state index contributed by atoms with van der Waals surface area (Å²) in [5, 5.41) is 14.1. The molecule has 1 aromatic heterocycles. The number of aliphatic hydroxyl groups is 2. The Morgan fingerprint density at radius 1 is 0.857 bits per heavy atom. The van der Waals surface area contributed by atoms with Gasteiger partial charge in [0.25, 0.3) is 10.3 Å². The quantitative estimate of drug-likeness (QED) is 0.607. The molecule has 0 spiro atoms. The minimum atomic E-state index is -0.500. The summed E-state index contributed by atoms with van der Waals surface area (Å²) < 4.78 is 0. The van der Waals surface area contributed by atoms with E-state index in [0.29, 0.717) is 0 Å². The lowest BCUT2D eigenvalue weighted by molar-refractivity contribution is 0.321. The Kier molecular flexibility index (Phi) is 24.1. The minimum absolute atomic E-state index is 0.500. The van der Waals surface area contributed by atoms with Crippen molar-refractivity contribution >= 4 is 34.8 Å². The van der Waals surface area contributed by atoms with Crippen LogP contribution in [0.15, 0.2) is 24.8 Å². The van der Waals surface area contributed by atoms with Crippen LogP contribution in [0, 0.1) is 0 Å². The third-order valence-electron chi connectivity index (χ3n) is 1.82. The Labute approximate surface area is 137 Å². The average Bonchev–Trinajstić information content (AvgIpc) is 2.42. The predicted molar refractivity (Wildman–Crippen MR) is 94.3 cm³/mol. The molecule has 0 atom stereocenters. The first-order chi connectivity index (χ1) is 9.81. The molecule has 0 aromatic carbocycles. The molecule has 1 rings (SSSR count). The lowest BCUT2D eigenvalue weighted by Crippen LogP contribution is -2.21. The van der Waals surface area contributed by atoms with Crippen LogP contribution in [0.3, 0.4) is 0 Å². The molecule has 1 aromatic rings. The molecule has 7 nitrogen and oxygen atoms in total. The molecule has 0 radical (unpaired) electrons. The Morgan fingerprint density at radius 3 is 1.10 bits per heavy atom. The van der Waals surface area contributed by atoms with Gasteiger partial charge in [-0.05, 0) is 44.1 Å². The van der Waals surface area contributed by atoms with Crippen LogP contribution in [0.4, 0.5) is 0 Å². The summed E-state index contributed by atoms with van der Waals surface area (Å²) in [6.07, 6.45) is 6.56. The molecule has 21 heavy (non-hydrogen) atoms. The molecule has 0 bridgehead atoms. The molecule has 1 heterocycles. The first-order valence-corrected chi connectivity index (χ1v) is 7.02. The Morgan fingerprint density at radius 2 is 1.05 bits per heavy atom. The fourth-order valence-corrected chi connectivity index (χ4v) is 0.924. The smallest absolute Gasteiger partial charge is 0.251 e. The molecule has 0 unspecified atom stereocenters. The second-order valence-electron chi connectivity index (χ2n) is 3.19. The zero-order valence-electron chi connectivity index (χ0n) is 12.6. The maximum Gasteiger partial charge on any atom is 0.251 e. The number of hydrogen-bond acceptors (Lipinski definition) is 5. The van der Waals surface area contributed by atoms with Gasteiger partial charge in [-0.3, -0.25) is 9.97 Å². The van der Waals surface area contributed by atoms with Gasteiger partial charge >= 0.3 is 0 Å². The number of nitrogens with zero attached hydrogens (tertiary/aromatic N) is 3. The van der Waals surface area contributed by atoms with Crippen molar-refractivity contribution in [2.75, 3.05) is 19.6 Å². The number of rotatable bonds is 3. The predicted octanol–water partition coefficient (Wildman–Crippen LogP) is 1.40. The molecule has 122 valence electrons. The van der Waals surface area contributed by atoms with E-state index in [4.69, 9.17) is 10.2 Å². The van der Waals surface area contributed by atoms with Gasteiger partial charge in [0.2, 0.25) is 0 Å². The van der Waals surface area contributed by atoms with E-state index in [1.54, 1.807) is 24.8 Å². The normalized spacial score (nSPS) is 8.00. The van der Waals surface area contributed by atoms with Gasteiger partial charge in [-0.1, -0.05) is 20.8 Å². The number of nitrogens with two attached hydrogens (primary N) is 2. The summed E-state index contributed by atoms with van der Waals surface area (Å²) >= 11 is 7.74. The monoisotopic (exact) mass is 335 g/mol. The van der Waals surface area contributed by atoms with Gasteiger partial charge in [-0.15, -0.1) is 0 Å². The molecule has 0 saturated carbocycles. The highest BCUT2D eigenvalue weighted by Gasteiger charge is 1.89. The minimum Gasteiger partial charge on any atom is -0.487 e. The van der Waals surface area contributed by atoms with Crippen molar-refractivity contribution in [3.63, 3.8) is 0 Å². The second-order valence-corrected chi connectivity index (χ2v) is 4.03. The molecule has 6 N–H and O–H groups in total. The largest absolute Gasteiger partial charge is 0.487 e. The zero-order chi connectivity index (χ0) is 17.1. The summed E-state index contributed by atoms with van der Waals surface area (Å²) in [6, 6.07) is 0. The van der Waals surface area contributed by atoms with Gasteiger partial charge in [0, 0.05) is 24.8 Å². The SMILES string of the molecule is CCN(CC)CC.NC(O)=S.NC(O)=S.c1cnccn1. The first kappa shape index (κ1) is 24.4. The van der Waals surface area contributed by atoms with Crippen molar-refractivity contribution in [3.8, 4) is 0 Å². The van der Waals surface area contributed by atoms with Crippen LogP contribution in [-0.2, 0) is 0 Å². The van der Waals surface area contributed by atoms with Crippen molar-refractivity contribution in [1.29, 1.82) is 0 Å². The van der Waals surface area contributed by atoms with Crippen LogP contribution in [0.5, 0.6) is 0 Å². The molecule has 0 aliphatic heterocycles. The van der Waals surface area contributed by atoms with Crippen molar-refractivity contribution in [2.24, 2.45) is 11.5 Å². The van der Waals surface area contributed by atoms with Gasteiger partial charge in [0.1, 0.15) is 0 Å². The molecule has 0 aliphatic carbocycles. The summed E-state index contributed by atoms with van der Waals surface area (Å²) in [7, 11) is 0. The molecule has 0 amide bonds. The summed E-state index contributed by atoms with van der Waals surface area (Å²) in [5.41, 5.74) is 8.80. The average molecular weight is 335 g/mol. The number of thiocarbonyl (C=S) groups is 2. The van der Waals surface area contributed by atoms with Crippen LogP contribution in [0.2, 0.25) is 0 Å². The van der Waals surface area contributed by atoms with Gasteiger partial charge in [-0.25, -0.2) is 0 Å². The number of hydrogen-bond donors (Lipinski definition) is 4. The van der Waals surface area contributed by atoms with E-state index < -0.39 is 10.3 Å². The van der Waals surface area contributed by atoms with Crippen molar-refractivity contribution < 1.29 is 10.2 Å². The molecule has 0 fully saturated rings. The van der Waals surface area contributed by atoms with E-state index in [1.165, 1.54) is 19.6 Å². The van der Waals surface area contributed by atoms with Crippen molar-refractivity contribution in [1.82, 2.24) is 14.9 Å². The Bertz CT molecular complexity index is 285. The fourth-order valence-electron chi connectivity index (χ4n) is 0.924. The maximum absolute atomic E-state index is 7.56. The van der Waals surface area contributed by atoms with Gasteiger partial charge in [-0.2, -0.15) is 0 Å². The van der Waals surface area contributed by atoms with Crippen LogP contribution >= 0.6 is 24.4 Å². The number of aliphatic hydroxyl groups excluding tert-OH is 2. The van der Waals surface area contributed by atoms with Crippen LogP contribution < -0.4 is 11.5 Å². The maximum atomic E-state index is 7.56. The van der Waals surface area contributed by atoms with Gasteiger partial charge in [0.15, 0.2) is 0 Å². The standard InChI is InChI=1S/C6H15N.C4H4N2.2CH3NOS/c1-4-7(5-2)6-3;1-2-6-4-3-5-1;2*2-1(3)4/h4-6H2,1-3H3;1-4H;2*(H3,2,3,4). The third-order valence-corrected chi connectivity index (χ3v) is 1.82. The second kappa shape index (κ2) is 20.7. The van der Waals surface area contributed by atoms with Gasteiger partial charge < -0.3 is 26.6 Å². The molecule has 0 saturated heterocycles. The lowest BCUT2D eigenvalue weighted by Gasteiger charge is -2.13. The Balaban J connectivity index is -0.000000213. The third kappa shape index (κ3) is 45.7. The van der Waals surface area contributed by atoms with E-state index >= 15 is 0 Å². The molecule has 0 aliphatic rings. The highest BCUT2D eigenvalue weighted by atomic mass is 32.1. The van der Waals surface area contributed by atoms with Crippen LogP contribution in [0.1, 0.15) is 20.8 Å². The van der Waals surface area contributed by atoms with E-state index in [0.717, 1.165) is 0 Å². The molecular weight excluding hydrogens is 310 g/mol. The Hall–Kier alpha value is -1.58. The fraction of sp³-hybridized carbons (Fsp3) is 0.500. The summed E-state index contributed by atoms with van der Waals surface area (Å²) in [5.74, 6) is 0. The van der Waals surface area contributed by atoms with Crippen molar-refractivity contribution in [2.45, 2.75) is 20.8 Å². The highest BCUT2D eigenvalue weighted by molar-refractivity contribution is 7.80. The van der Waals surface area contributed by atoms with Crippen LogP contribution in [0.25, 0.3) is 0 Å². The van der Waals surface area contributed by atoms with Gasteiger partial charge in [0.05, 0.1) is 0 Å². The van der Waals surface area contributed by atoms with E-state index in [2.05, 4.69) is 71.5 Å². The molecular formula is C12H25N5O2S2. The first-order valence-electron chi connectivity index (χ1n) is 6.20. The van der Waals surface area contributed by atoms with Crippen LogP contribution in [-0.4, -0.2) is 55.1 Å². The van der Waals surface area contributed by atoms with E-state index in [-0.39, 0.29) is 0 Å². The summed E-state index contributed by atoms with van der Waals surface area (Å²) in [4.78, 5) is 9.82. The summed E-state index contributed by atoms with van der Waals surface area (Å²) in [6.45, 7) is 10.1. The number of aromatic nitrogens is 2. The van der Waals surface area contributed by atoms with E-state index in [1.807, 2.05) is 0 Å². The highest BCUT2D eigenvalue weighted by Crippen LogP contribution is 1.81. The zero-order valence-corrected chi connectivity index (χ0v) is 14.3. The molecule has 9 heteroatoms. The lowest BCUT2D eigenvalue weighted by atomic mass is 10.5. The van der Waals surface area contributed by atoms with E-state index in [9.17, 15) is 0 Å². The van der Waals surface area contributed by atoms with Crippen molar-refractivity contribution in [3.05, 3.63) is 24.8 Å².